The van der Waals surface area contributed by atoms with Gasteiger partial charge >= 0.3 is 6.61 Å². The average molecular weight is 372 g/mol. The van der Waals surface area contributed by atoms with Crippen LogP contribution in [0.25, 0.3) is 0 Å². The summed E-state index contributed by atoms with van der Waals surface area (Å²) < 4.78 is 43.3. The van der Waals surface area contributed by atoms with Gasteiger partial charge in [0.05, 0.1) is 17.2 Å². The van der Waals surface area contributed by atoms with E-state index in [1.807, 2.05) is 24.3 Å². The first-order valence-electron chi connectivity index (χ1n) is 7.45. The van der Waals surface area contributed by atoms with E-state index < -0.39 is 12.4 Å². The number of hydrogen-bond acceptors (Lipinski definition) is 4. The van der Waals surface area contributed by atoms with Gasteiger partial charge in [-0.25, -0.2) is 9.37 Å². The molecule has 5 nitrogen and oxygen atoms in total. The van der Waals surface area contributed by atoms with Gasteiger partial charge in [-0.15, -0.1) is 11.3 Å². The van der Waals surface area contributed by atoms with E-state index in [9.17, 15) is 13.2 Å². The number of alkyl halides is 2. The van der Waals surface area contributed by atoms with E-state index in [4.69, 9.17) is 0 Å². The van der Waals surface area contributed by atoms with E-state index in [1.54, 1.807) is 18.4 Å². The lowest BCUT2D eigenvalue weighted by molar-refractivity contribution is -0.0506. The highest BCUT2D eigenvalue weighted by Crippen LogP contribution is 2.23. The molecule has 0 saturated heterocycles. The first-order valence-corrected chi connectivity index (χ1v) is 8.33. The van der Waals surface area contributed by atoms with Gasteiger partial charge in [0.1, 0.15) is 11.6 Å². The molecule has 0 saturated carbocycles. The first-order chi connectivity index (χ1) is 11.9. The predicted molar refractivity (Wildman–Crippen MR) is 91.5 cm³/mol. The molecule has 2 aromatic rings. The lowest BCUT2D eigenvalue weighted by Crippen LogP contribution is -2.38. The molecule has 0 aliphatic rings. The number of nitrogens with one attached hydrogen (secondary N) is 1. The third-order valence-corrected chi connectivity index (χ3v) is 4.18. The van der Waals surface area contributed by atoms with Crippen molar-refractivity contribution in [1.82, 2.24) is 15.2 Å². The molecule has 136 valence electrons. The highest BCUT2D eigenvalue weighted by molar-refractivity contribution is 7.09. The Hall–Kier alpha value is -2.29. The average Bonchev–Trinajstić information content (AvgIpc) is 2.94. The van der Waals surface area contributed by atoms with Gasteiger partial charge in [-0.2, -0.15) is 8.78 Å². The summed E-state index contributed by atoms with van der Waals surface area (Å²) in [7, 11) is 3.39. The Balaban J connectivity index is 2.05. The van der Waals surface area contributed by atoms with Crippen LogP contribution in [0, 0.1) is 12.7 Å². The second-order valence-electron chi connectivity index (χ2n) is 5.21. The number of aryl methyl sites for hydroxylation is 1. The number of hydrogen-bond donors (Lipinski definition) is 1. The van der Waals surface area contributed by atoms with E-state index in [0.717, 1.165) is 10.7 Å². The minimum absolute atomic E-state index is 0.0156. The molecule has 25 heavy (non-hydrogen) atoms. The molecule has 9 heteroatoms. The Morgan fingerprint density at radius 2 is 2.20 bits per heavy atom. The van der Waals surface area contributed by atoms with Crippen molar-refractivity contribution in [2.24, 2.45) is 4.99 Å². The van der Waals surface area contributed by atoms with Gasteiger partial charge in [-0.1, -0.05) is 6.07 Å². The molecular formula is C16H19F3N4OS. The number of thiazole rings is 1. The van der Waals surface area contributed by atoms with Crippen LogP contribution < -0.4 is 10.1 Å². The van der Waals surface area contributed by atoms with Crippen LogP contribution in [-0.2, 0) is 13.1 Å². The molecule has 1 N–H and O–H groups in total. The summed E-state index contributed by atoms with van der Waals surface area (Å²) in [6.07, 6.45) is 0. The van der Waals surface area contributed by atoms with Crippen LogP contribution in [0.4, 0.5) is 13.2 Å². The summed E-state index contributed by atoms with van der Waals surface area (Å²) in [5.74, 6) is -0.341. The molecule has 0 amide bonds. The minimum atomic E-state index is -3.02. The maximum Gasteiger partial charge on any atom is 0.387 e. The van der Waals surface area contributed by atoms with E-state index >= 15 is 0 Å². The number of benzene rings is 1. The maximum absolute atomic E-state index is 14.0. The molecule has 1 heterocycles. The Morgan fingerprint density at radius 1 is 1.44 bits per heavy atom. The Morgan fingerprint density at radius 3 is 2.80 bits per heavy atom. The number of aromatic nitrogens is 1. The van der Waals surface area contributed by atoms with Gasteiger partial charge in [-0.3, -0.25) is 4.99 Å². The predicted octanol–water partition coefficient (Wildman–Crippen LogP) is 3.40. The SMILES string of the molecule is CN=C(NCc1c(F)cccc1OC(F)F)N(C)Cc1csc(C)n1. The van der Waals surface area contributed by atoms with Crippen LogP contribution in [0.2, 0.25) is 0 Å². The van der Waals surface area contributed by atoms with Crippen LogP contribution in [-0.4, -0.2) is 36.6 Å². The van der Waals surface area contributed by atoms with Crippen LogP contribution >= 0.6 is 11.3 Å². The van der Waals surface area contributed by atoms with E-state index in [2.05, 4.69) is 20.0 Å². The van der Waals surface area contributed by atoms with Crippen molar-refractivity contribution in [3.63, 3.8) is 0 Å². The van der Waals surface area contributed by atoms with E-state index in [1.165, 1.54) is 18.2 Å². The summed E-state index contributed by atoms with van der Waals surface area (Å²) in [4.78, 5) is 10.3. The highest BCUT2D eigenvalue weighted by atomic mass is 32.1. The Kier molecular flexibility index (Phi) is 6.63. The summed E-state index contributed by atoms with van der Waals surface area (Å²) in [5.41, 5.74) is 0.905. The number of halogens is 3. The standard InChI is InChI=1S/C16H19F3N4OS/c1-10-22-11(9-25-10)8-23(3)16(20-2)21-7-12-13(17)5-4-6-14(12)24-15(18)19/h4-6,9,15H,7-8H2,1-3H3,(H,20,21). The summed E-state index contributed by atoms with van der Waals surface area (Å²) in [6, 6.07) is 3.82. The minimum Gasteiger partial charge on any atom is -0.434 e. The lowest BCUT2D eigenvalue weighted by Gasteiger charge is -2.22. The number of ether oxygens (including phenoxy) is 1. The van der Waals surface area contributed by atoms with Gasteiger partial charge in [0.2, 0.25) is 0 Å². The van der Waals surface area contributed by atoms with Crippen molar-refractivity contribution in [1.29, 1.82) is 0 Å². The quantitative estimate of drug-likeness (QED) is 0.624. The molecule has 0 radical (unpaired) electrons. The third kappa shape index (κ3) is 5.35. The van der Waals surface area contributed by atoms with Crippen LogP contribution in [0.5, 0.6) is 5.75 Å². The van der Waals surface area contributed by atoms with Gasteiger partial charge in [0.25, 0.3) is 0 Å². The topological polar surface area (TPSA) is 49.8 Å². The van der Waals surface area contributed by atoms with Crippen LogP contribution in [0.3, 0.4) is 0 Å². The fraction of sp³-hybridized carbons (Fsp3) is 0.375. The number of nitrogens with zero attached hydrogens (tertiary/aromatic N) is 3. The molecule has 0 aliphatic carbocycles. The Labute approximate surface area is 148 Å². The molecule has 0 spiro atoms. The molecule has 0 fully saturated rings. The van der Waals surface area contributed by atoms with E-state index in [-0.39, 0.29) is 17.9 Å². The van der Waals surface area contributed by atoms with Crippen LogP contribution in [0.1, 0.15) is 16.3 Å². The largest absolute Gasteiger partial charge is 0.434 e. The second-order valence-corrected chi connectivity index (χ2v) is 6.27. The summed E-state index contributed by atoms with van der Waals surface area (Å²) >= 11 is 1.55. The highest BCUT2D eigenvalue weighted by Gasteiger charge is 2.15. The van der Waals surface area contributed by atoms with Crippen LogP contribution in [0.15, 0.2) is 28.6 Å². The molecular weight excluding hydrogens is 353 g/mol. The van der Waals surface area contributed by atoms with Crippen molar-refractivity contribution in [2.75, 3.05) is 14.1 Å². The van der Waals surface area contributed by atoms with Gasteiger partial charge in [-0.05, 0) is 19.1 Å². The maximum atomic E-state index is 14.0. The molecule has 0 atom stereocenters. The fourth-order valence-electron chi connectivity index (χ4n) is 2.27. The normalized spacial score (nSPS) is 11.7. The molecule has 1 aromatic carbocycles. The van der Waals surface area contributed by atoms with Crippen molar-refractivity contribution in [3.05, 3.63) is 45.7 Å². The first kappa shape index (κ1) is 19.0. The smallest absolute Gasteiger partial charge is 0.387 e. The van der Waals surface area contributed by atoms with E-state index in [0.29, 0.717) is 12.5 Å². The number of rotatable bonds is 6. The summed E-state index contributed by atoms with van der Waals surface area (Å²) in [6.45, 7) is -0.622. The zero-order chi connectivity index (χ0) is 18.4. The van der Waals surface area contributed by atoms with Crippen molar-refractivity contribution >= 4 is 17.3 Å². The molecule has 0 bridgehead atoms. The molecule has 2 rings (SSSR count). The van der Waals surface area contributed by atoms with Gasteiger partial charge < -0.3 is 15.0 Å². The molecule has 0 aliphatic heterocycles. The Bertz CT molecular complexity index is 736. The molecule has 0 unspecified atom stereocenters. The van der Waals surface area contributed by atoms with Crippen molar-refractivity contribution in [2.45, 2.75) is 26.6 Å². The summed E-state index contributed by atoms with van der Waals surface area (Å²) in [5, 5.41) is 5.87. The monoisotopic (exact) mass is 372 g/mol. The number of guanidine groups is 1. The third-order valence-electron chi connectivity index (χ3n) is 3.35. The zero-order valence-electron chi connectivity index (χ0n) is 14.1. The second kappa shape index (κ2) is 8.70. The van der Waals surface area contributed by atoms with Crippen molar-refractivity contribution in [3.8, 4) is 5.75 Å². The van der Waals surface area contributed by atoms with Gasteiger partial charge in [0, 0.05) is 31.6 Å². The van der Waals surface area contributed by atoms with Gasteiger partial charge in [0.15, 0.2) is 5.96 Å². The lowest BCUT2D eigenvalue weighted by atomic mass is 10.2. The number of aliphatic imine (C=N–C) groups is 1. The fourth-order valence-corrected chi connectivity index (χ4v) is 2.87. The van der Waals surface area contributed by atoms with Crippen molar-refractivity contribution < 1.29 is 17.9 Å². The zero-order valence-corrected chi connectivity index (χ0v) is 14.9. The molecule has 1 aromatic heterocycles.